The first-order valence-electron chi connectivity index (χ1n) is 11.1. The molecule has 0 saturated heterocycles. The molecule has 0 saturated carbocycles. The lowest BCUT2D eigenvalue weighted by atomic mass is 9.98. The van der Waals surface area contributed by atoms with E-state index < -0.39 is 0 Å². The van der Waals surface area contributed by atoms with Crippen molar-refractivity contribution in [2.75, 3.05) is 14.1 Å². The van der Waals surface area contributed by atoms with Gasteiger partial charge in [0.15, 0.2) is 5.84 Å². The number of unbranched alkanes of at least 4 members (excludes halogenated alkanes) is 1. The van der Waals surface area contributed by atoms with Gasteiger partial charge in [-0.25, -0.2) is 4.98 Å². The highest BCUT2D eigenvalue weighted by Gasteiger charge is 2.15. The number of aliphatic hydroxyl groups excluding tert-OH is 1. The zero-order valence-electron chi connectivity index (χ0n) is 19.5. The van der Waals surface area contributed by atoms with E-state index in [4.69, 9.17) is 16.6 Å². The summed E-state index contributed by atoms with van der Waals surface area (Å²) in [5.41, 5.74) is 12.1. The molecule has 3 aromatic rings. The van der Waals surface area contributed by atoms with Crippen molar-refractivity contribution in [1.82, 2.24) is 9.55 Å². The van der Waals surface area contributed by atoms with Crippen LogP contribution < -0.4 is 11.6 Å². The zero-order valence-corrected chi connectivity index (χ0v) is 19.5. The summed E-state index contributed by atoms with van der Waals surface area (Å²) in [5, 5.41) is 14.2. The second kappa shape index (κ2) is 10.1. The molecule has 0 atom stereocenters. The Kier molecular flexibility index (Phi) is 7.45. The van der Waals surface area contributed by atoms with Crippen molar-refractivity contribution in [1.29, 1.82) is 0 Å². The molecule has 3 rings (SSSR count). The Morgan fingerprint density at radius 1 is 1.12 bits per heavy atom. The zero-order chi connectivity index (χ0) is 23.3. The molecular formula is C25H35N6O+. The average Bonchev–Trinajstić information content (AvgIpc) is 3.05. The number of imidazole rings is 1. The smallest absolute Gasteiger partial charge is 0.189 e. The number of nitrogens with two attached hydrogens (primary N) is 2. The molecule has 32 heavy (non-hydrogen) atoms. The van der Waals surface area contributed by atoms with Gasteiger partial charge >= 0.3 is 0 Å². The van der Waals surface area contributed by atoms with Crippen LogP contribution in [0.5, 0.6) is 0 Å². The van der Waals surface area contributed by atoms with Crippen LogP contribution in [-0.4, -0.2) is 39.3 Å². The lowest BCUT2D eigenvalue weighted by Crippen LogP contribution is -2.43. The molecule has 7 nitrogen and oxygen atoms in total. The van der Waals surface area contributed by atoms with Crippen LogP contribution in [0.3, 0.4) is 0 Å². The Morgan fingerprint density at radius 2 is 1.81 bits per heavy atom. The van der Waals surface area contributed by atoms with Crippen molar-refractivity contribution in [3.05, 3.63) is 76.9 Å². The fraction of sp³-hybridized carbons (Fsp3) is 0.360. The number of aromatic nitrogens is 2. The van der Waals surface area contributed by atoms with Gasteiger partial charge in [0, 0.05) is 18.5 Å². The molecular weight excluding hydrogens is 400 g/mol. The fourth-order valence-electron chi connectivity index (χ4n) is 3.84. The van der Waals surface area contributed by atoms with Gasteiger partial charge in [-0.05, 0) is 35.1 Å². The predicted molar refractivity (Wildman–Crippen MR) is 129 cm³/mol. The van der Waals surface area contributed by atoms with Gasteiger partial charge in [0.05, 0.1) is 18.0 Å². The van der Waals surface area contributed by atoms with Gasteiger partial charge in [0.25, 0.3) is 0 Å². The normalized spacial score (nSPS) is 12.4. The highest BCUT2D eigenvalue weighted by atomic mass is 16.3. The Labute approximate surface area is 190 Å². The summed E-state index contributed by atoms with van der Waals surface area (Å²) in [7, 11) is 3.52. The Balaban J connectivity index is 1.90. The molecule has 5 N–H and O–H groups in total. The van der Waals surface area contributed by atoms with Gasteiger partial charge < -0.3 is 15.4 Å². The molecule has 7 heteroatoms. The van der Waals surface area contributed by atoms with Crippen LogP contribution in [0.4, 0.5) is 0 Å². The van der Waals surface area contributed by atoms with Crippen LogP contribution in [-0.2, 0) is 19.6 Å². The summed E-state index contributed by atoms with van der Waals surface area (Å²) in [5.74, 6) is 7.41. The summed E-state index contributed by atoms with van der Waals surface area (Å²) < 4.78 is 2.07. The first-order valence-corrected chi connectivity index (χ1v) is 11.1. The SMILES string of the molecule is CCCCc1nc(C)c(CO)n1Cc1ccc(-c2ccccc2/C(N)=N/[N+](C)(C)N)cc1. The summed E-state index contributed by atoms with van der Waals surface area (Å²) in [6.45, 7) is 4.81. The molecule has 0 aliphatic carbocycles. The highest BCUT2D eigenvalue weighted by molar-refractivity contribution is 6.03. The van der Waals surface area contributed by atoms with E-state index >= 15 is 0 Å². The van der Waals surface area contributed by atoms with Crippen molar-refractivity contribution < 1.29 is 9.81 Å². The first-order chi connectivity index (χ1) is 15.2. The van der Waals surface area contributed by atoms with Crippen LogP contribution in [0, 0.1) is 6.92 Å². The maximum Gasteiger partial charge on any atom is 0.189 e. The number of nitrogens with zero attached hydrogens (tertiary/aromatic N) is 4. The lowest BCUT2D eigenvalue weighted by molar-refractivity contribution is -0.909. The third-order valence-corrected chi connectivity index (χ3v) is 5.43. The van der Waals surface area contributed by atoms with Crippen LogP contribution in [0.25, 0.3) is 11.1 Å². The average molecular weight is 436 g/mol. The molecule has 0 aliphatic rings. The highest BCUT2D eigenvalue weighted by Crippen LogP contribution is 2.25. The molecule has 0 unspecified atom stereocenters. The Hall–Kier alpha value is -3.00. The van der Waals surface area contributed by atoms with E-state index in [2.05, 4.69) is 40.9 Å². The molecule has 0 spiro atoms. The number of aliphatic hydroxyl groups is 1. The van der Waals surface area contributed by atoms with Gasteiger partial charge in [0.2, 0.25) is 0 Å². The van der Waals surface area contributed by atoms with Crippen LogP contribution in [0.15, 0.2) is 53.6 Å². The minimum Gasteiger partial charge on any atom is -0.390 e. The minimum absolute atomic E-state index is 0.00890. The molecule has 0 aliphatic heterocycles. The van der Waals surface area contributed by atoms with Crippen LogP contribution in [0.2, 0.25) is 0 Å². The standard InChI is InChI=1S/C25H35N6O/c1-5-6-11-24-28-18(2)23(17-32)30(24)16-19-12-14-20(15-13-19)21-9-7-8-10-22(21)25(26)29-31(3,4)27/h7-10,12-15,32H,5-6,11,16-17,27H2,1-4H3,(H2,26,29)/q+1. The molecule has 0 radical (unpaired) electrons. The molecule has 0 amide bonds. The maximum absolute atomic E-state index is 9.88. The van der Waals surface area contributed by atoms with E-state index in [-0.39, 0.29) is 11.3 Å². The number of amidine groups is 1. The molecule has 2 aromatic carbocycles. The van der Waals surface area contributed by atoms with E-state index in [1.165, 1.54) is 0 Å². The molecule has 170 valence electrons. The van der Waals surface area contributed by atoms with E-state index in [0.717, 1.165) is 58.7 Å². The van der Waals surface area contributed by atoms with Crippen molar-refractivity contribution in [2.24, 2.45) is 16.7 Å². The van der Waals surface area contributed by atoms with Crippen molar-refractivity contribution >= 4 is 5.84 Å². The summed E-state index contributed by atoms with van der Waals surface area (Å²) in [4.78, 5) is 4.70. The third-order valence-electron chi connectivity index (χ3n) is 5.43. The molecule has 1 aromatic heterocycles. The number of hydrogen-bond donors (Lipinski definition) is 3. The van der Waals surface area contributed by atoms with Gasteiger partial charge in [-0.3, -0.25) is 0 Å². The van der Waals surface area contributed by atoms with Crippen LogP contribution >= 0.6 is 0 Å². The first kappa shape index (κ1) is 23.7. The Bertz CT molecular complexity index is 1080. The number of hydrogen-bond acceptors (Lipinski definition) is 4. The Morgan fingerprint density at radius 3 is 2.44 bits per heavy atom. The summed E-state index contributed by atoms with van der Waals surface area (Å²) >= 11 is 0. The number of quaternary nitrogens is 1. The molecule has 0 bridgehead atoms. The van der Waals surface area contributed by atoms with Crippen molar-refractivity contribution in [2.45, 2.75) is 46.3 Å². The summed E-state index contributed by atoms with van der Waals surface area (Å²) in [6.07, 6.45) is 3.11. The van der Waals surface area contributed by atoms with Crippen molar-refractivity contribution in [3.63, 3.8) is 0 Å². The topological polar surface area (TPSA) is 102 Å². The van der Waals surface area contributed by atoms with Gasteiger partial charge in [0.1, 0.15) is 19.9 Å². The minimum atomic E-state index is -0.0863. The van der Waals surface area contributed by atoms with Crippen molar-refractivity contribution in [3.8, 4) is 11.1 Å². The second-order valence-corrected chi connectivity index (χ2v) is 8.61. The fourth-order valence-corrected chi connectivity index (χ4v) is 3.84. The monoisotopic (exact) mass is 435 g/mol. The van der Waals surface area contributed by atoms with Crippen LogP contribution in [0.1, 0.15) is 48.1 Å². The number of benzene rings is 2. The maximum atomic E-state index is 9.88. The van der Waals surface area contributed by atoms with Gasteiger partial charge in [-0.1, -0.05) is 61.9 Å². The molecule has 1 heterocycles. The largest absolute Gasteiger partial charge is 0.390 e. The number of rotatable bonds is 9. The van der Waals surface area contributed by atoms with E-state index in [1.54, 1.807) is 14.1 Å². The van der Waals surface area contributed by atoms with Gasteiger partial charge in [-0.15, -0.1) is 4.70 Å². The van der Waals surface area contributed by atoms with E-state index in [0.29, 0.717) is 12.4 Å². The second-order valence-electron chi connectivity index (χ2n) is 8.61. The third kappa shape index (κ3) is 5.62. The molecule has 0 fully saturated rings. The van der Waals surface area contributed by atoms with E-state index in [1.807, 2.05) is 31.2 Å². The van der Waals surface area contributed by atoms with E-state index in [9.17, 15) is 5.11 Å². The number of aryl methyl sites for hydroxylation is 2. The predicted octanol–water partition coefficient (Wildman–Crippen LogP) is 3.31. The summed E-state index contributed by atoms with van der Waals surface area (Å²) in [6, 6.07) is 16.3. The lowest BCUT2D eigenvalue weighted by Gasteiger charge is -2.16. The quantitative estimate of drug-likeness (QED) is 0.158. The van der Waals surface area contributed by atoms with Gasteiger partial charge in [-0.2, -0.15) is 5.84 Å².